The normalized spacial score (nSPS) is 10.2. The lowest BCUT2D eigenvalue weighted by atomic mass is 10.2. The van der Waals surface area contributed by atoms with Gasteiger partial charge < -0.3 is 5.32 Å². The molecule has 0 aromatic heterocycles. The van der Waals surface area contributed by atoms with Gasteiger partial charge in [-0.1, -0.05) is 40.9 Å². The maximum absolute atomic E-state index is 5.51. The molecule has 0 saturated heterocycles. The van der Waals surface area contributed by atoms with Crippen molar-refractivity contribution in [2.75, 3.05) is 5.32 Å². The van der Waals surface area contributed by atoms with Crippen molar-refractivity contribution < 1.29 is 0 Å². The van der Waals surface area contributed by atoms with Gasteiger partial charge >= 0.3 is 0 Å². The van der Waals surface area contributed by atoms with Gasteiger partial charge in [0.25, 0.3) is 0 Å². The molecule has 0 heterocycles. The Hall–Kier alpha value is -0.400. The Balaban J connectivity index is 2.66. The minimum absolute atomic E-state index is 0.544. The number of nitrogens with one attached hydrogen (secondary N) is 1. The Bertz CT molecular complexity index is 218. The summed E-state index contributed by atoms with van der Waals surface area (Å²) in [5, 5.41) is 2.86. The molecular formula is C8H9Cl2N. The second-order valence-electron chi connectivity index (χ2n) is 2.31. The molecule has 0 aliphatic rings. The Morgan fingerprint density at radius 2 is 1.73 bits per heavy atom. The van der Waals surface area contributed by atoms with Crippen molar-refractivity contribution in [2.24, 2.45) is 0 Å². The number of alkyl halides is 2. The van der Waals surface area contributed by atoms with Crippen LogP contribution >= 0.6 is 23.2 Å². The van der Waals surface area contributed by atoms with Gasteiger partial charge in [-0.25, -0.2) is 0 Å². The van der Waals surface area contributed by atoms with Gasteiger partial charge in [0.05, 0.1) is 0 Å². The highest BCUT2D eigenvalue weighted by molar-refractivity contribution is 6.45. The first-order valence-corrected chi connectivity index (χ1v) is 4.17. The van der Waals surface area contributed by atoms with Crippen molar-refractivity contribution in [1.82, 2.24) is 0 Å². The summed E-state index contributed by atoms with van der Waals surface area (Å²) in [5.74, 6) is 0. The molecule has 0 bridgehead atoms. The van der Waals surface area contributed by atoms with E-state index in [0.717, 1.165) is 5.69 Å². The molecule has 60 valence electrons. The van der Waals surface area contributed by atoms with Crippen LogP contribution < -0.4 is 5.32 Å². The zero-order valence-electron chi connectivity index (χ0n) is 6.14. The molecule has 0 atom stereocenters. The van der Waals surface area contributed by atoms with Crippen molar-refractivity contribution in [2.45, 2.75) is 11.9 Å². The first kappa shape index (κ1) is 8.69. The average Bonchev–Trinajstić information content (AvgIpc) is 1.93. The van der Waals surface area contributed by atoms with E-state index in [0.29, 0.717) is 0 Å². The molecule has 0 unspecified atom stereocenters. The molecule has 1 rings (SSSR count). The van der Waals surface area contributed by atoms with Crippen molar-refractivity contribution in [3.8, 4) is 0 Å². The van der Waals surface area contributed by atoms with E-state index in [2.05, 4.69) is 5.32 Å². The lowest BCUT2D eigenvalue weighted by Crippen LogP contribution is -2.03. The molecule has 1 aromatic rings. The van der Waals surface area contributed by atoms with Gasteiger partial charge in [0.2, 0.25) is 0 Å². The Morgan fingerprint density at radius 3 is 2.18 bits per heavy atom. The van der Waals surface area contributed by atoms with E-state index in [-0.39, 0.29) is 0 Å². The molecule has 0 fully saturated rings. The van der Waals surface area contributed by atoms with E-state index in [1.807, 2.05) is 31.2 Å². The molecule has 0 spiro atoms. The van der Waals surface area contributed by atoms with Gasteiger partial charge in [-0.3, -0.25) is 0 Å². The van der Waals surface area contributed by atoms with Crippen LogP contribution in [0.25, 0.3) is 0 Å². The maximum atomic E-state index is 5.51. The molecule has 0 amide bonds. The SMILES string of the molecule is Cc1ccc(NC(Cl)Cl)cc1. The molecule has 0 radical (unpaired) electrons. The standard InChI is InChI=1S/C8H9Cl2N/c1-6-2-4-7(5-3-6)11-8(9)10/h2-5,8,11H,1H3. The predicted molar refractivity (Wildman–Crippen MR) is 50.3 cm³/mol. The zero-order chi connectivity index (χ0) is 8.27. The lowest BCUT2D eigenvalue weighted by Gasteiger charge is -2.05. The van der Waals surface area contributed by atoms with E-state index in [4.69, 9.17) is 23.2 Å². The van der Waals surface area contributed by atoms with E-state index < -0.39 is 4.96 Å². The fourth-order valence-corrected chi connectivity index (χ4v) is 1.03. The van der Waals surface area contributed by atoms with Crippen molar-refractivity contribution >= 4 is 28.9 Å². The van der Waals surface area contributed by atoms with Crippen LogP contribution in [0.5, 0.6) is 0 Å². The van der Waals surface area contributed by atoms with Gasteiger partial charge in [-0.15, -0.1) is 0 Å². The van der Waals surface area contributed by atoms with Crippen molar-refractivity contribution in [3.63, 3.8) is 0 Å². The Kier molecular flexibility index (Phi) is 3.03. The van der Waals surface area contributed by atoms with E-state index in [1.165, 1.54) is 5.56 Å². The molecule has 0 saturated carbocycles. The van der Waals surface area contributed by atoms with Crippen LogP contribution in [0.1, 0.15) is 5.56 Å². The highest BCUT2D eigenvalue weighted by Crippen LogP contribution is 2.12. The molecule has 11 heavy (non-hydrogen) atoms. The third-order valence-corrected chi connectivity index (χ3v) is 1.55. The topological polar surface area (TPSA) is 12.0 Å². The fraction of sp³-hybridized carbons (Fsp3) is 0.250. The molecular weight excluding hydrogens is 181 g/mol. The first-order chi connectivity index (χ1) is 5.18. The number of hydrogen-bond acceptors (Lipinski definition) is 1. The van der Waals surface area contributed by atoms with Crippen molar-refractivity contribution in [1.29, 1.82) is 0 Å². The number of halogens is 2. The number of anilines is 1. The second-order valence-corrected chi connectivity index (χ2v) is 3.41. The third-order valence-electron chi connectivity index (χ3n) is 1.33. The van der Waals surface area contributed by atoms with Gasteiger partial charge in [-0.2, -0.15) is 0 Å². The van der Waals surface area contributed by atoms with E-state index in [9.17, 15) is 0 Å². The van der Waals surface area contributed by atoms with Gasteiger partial charge in [-0.05, 0) is 19.1 Å². The monoisotopic (exact) mass is 189 g/mol. The summed E-state index contributed by atoms with van der Waals surface area (Å²) < 4.78 is 0. The summed E-state index contributed by atoms with van der Waals surface area (Å²) in [6, 6.07) is 7.87. The molecule has 1 N–H and O–H groups in total. The summed E-state index contributed by atoms with van der Waals surface area (Å²) in [6.45, 7) is 2.03. The van der Waals surface area contributed by atoms with Gasteiger partial charge in [0.1, 0.15) is 0 Å². The molecule has 0 aliphatic carbocycles. The van der Waals surface area contributed by atoms with E-state index >= 15 is 0 Å². The number of hydrogen-bond donors (Lipinski definition) is 1. The Labute approximate surface area is 76.3 Å². The maximum Gasteiger partial charge on any atom is 0.177 e. The Morgan fingerprint density at radius 1 is 1.18 bits per heavy atom. The molecule has 0 aliphatic heterocycles. The fourth-order valence-electron chi connectivity index (χ4n) is 0.776. The summed E-state index contributed by atoms with van der Waals surface area (Å²) in [4.78, 5) is -0.544. The largest absolute Gasteiger partial charge is 0.357 e. The summed E-state index contributed by atoms with van der Waals surface area (Å²) in [6.07, 6.45) is 0. The van der Waals surface area contributed by atoms with Crippen LogP contribution in [0.15, 0.2) is 24.3 Å². The molecule has 3 heteroatoms. The molecule has 1 aromatic carbocycles. The van der Waals surface area contributed by atoms with Crippen LogP contribution in [0, 0.1) is 6.92 Å². The van der Waals surface area contributed by atoms with Crippen LogP contribution in [0.4, 0.5) is 5.69 Å². The zero-order valence-corrected chi connectivity index (χ0v) is 7.65. The average molecular weight is 190 g/mol. The summed E-state index contributed by atoms with van der Waals surface area (Å²) in [5.41, 5.74) is 2.15. The smallest absolute Gasteiger partial charge is 0.177 e. The minimum Gasteiger partial charge on any atom is -0.357 e. The number of rotatable bonds is 2. The molecule has 1 nitrogen and oxygen atoms in total. The third kappa shape index (κ3) is 3.00. The van der Waals surface area contributed by atoms with Gasteiger partial charge in [0.15, 0.2) is 4.96 Å². The highest BCUT2D eigenvalue weighted by atomic mass is 35.5. The second kappa shape index (κ2) is 3.84. The van der Waals surface area contributed by atoms with Crippen molar-refractivity contribution in [3.05, 3.63) is 29.8 Å². The van der Waals surface area contributed by atoms with E-state index in [1.54, 1.807) is 0 Å². The van der Waals surface area contributed by atoms with Crippen LogP contribution in [-0.4, -0.2) is 4.96 Å². The number of benzene rings is 1. The van der Waals surface area contributed by atoms with Crippen LogP contribution in [-0.2, 0) is 0 Å². The van der Waals surface area contributed by atoms with Crippen LogP contribution in [0.2, 0.25) is 0 Å². The van der Waals surface area contributed by atoms with Crippen LogP contribution in [0.3, 0.4) is 0 Å². The quantitative estimate of drug-likeness (QED) is 0.557. The number of aryl methyl sites for hydroxylation is 1. The minimum atomic E-state index is -0.544. The highest BCUT2D eigenvalue weighted by Gasteiger charge is 1.96. The first-order valence-electron chi connectivity index (χ1n) is 3.30. The summed E-state index contributed by atoms with van der Waals surface area (Å²) in [7, 11) is 0. The predicted octanol–water partition coefficient (Wildman–Crippen LogP) is 3.17. The summed E-state index contributed by atoms with van der Waals surface area (Å²) >= 11 is 11.0. The lowest BCUT2D eigenvalue weighted by molar-refractivity contribution is 1.35. The van der Waals surface area contributed by atoms with Gasteiger partial charge in [0, 0.05) is 5.69 Å².